The highest BCUT2D eigenvalue weighted by molar-refractivity contribution is 7.17. The summed E-state index contributed by atoms with van der Waals surface area (Å²) in [6.45, 7) is 1.77. The number of carbonyl (C=O) groups is 1. The lowest BCUT2D eigenvalue weighted by Gasteiger charge is -1.95. The molecule has 1 heterocycles. The molecule has 1 aromatic heterocycles. The fourth-order valence-corrected chi connectivity index (χ4v) is 2.47. The molecule has 0 unspecified atom stereocenters. The van der Waals surface area contributed by atoms with Crippen molar-refractivity contribution in [3.8, 4) is 10.6 Å². The monoisotopic (exact) mass is 250 g/mol. The van der Waals surface area contributed by atoms with Gasteiger partial charge in [-0.15, -0.1) is 11.3 Å². The normalized spacial score (nSPS) is 10.3. The number of benzene rings is 1. The lowest BCUT2D eigenvalue weighted by molar-refractivity contribution is 0.0966. The second-order valence-corrected chi connectivity index (χ2v) is 4.52. The van der Waals surface area contributed by atoms with E-state index in [-0.39, 0.29) is 11.7 Å². The van der Waals surface area contributed by atoms with E-state index < -0.39 is 0 Å². The molecule has 5 heteroatoms. The number of rotatable bonds is 2. The van der Waals surface area contributed by atoms with Crippen molar-refractivity contribution in [2.45, 2.75) is 6.92 Å². The third-order valence-corrected chi connectivity index (χ3v) is 3.51. The Morgan fingerprint density at radius 2 is 2.24 bits per heavy atom. The maximum Gasteiger partial charge on any atom is 0.263 e. The first-order valence-corrected chi connectivity index (χ1v) is 5.89. The van der Waals surface area contributed by atoms with Gasteiger partial charge < -0.3 is 5.32 Å². The molecule has 0 atom stereocenters. The summed E-state index contributed by atoms with van der Waals surface area (Å²) < 4.78 is 13.1. The molecule has 1 N–H and O–H groups in total. The van der Waals surface area contributed by atoms with Crippen molar-refractivity contribution in [2.75, 3.05) is 7.05 Å². The summed E-state index contributed by atoms with van der Waals surface area (Å²) >= 11 is 1.26. The summed E-state index contributed by atoms with van der Waals surface area (Å²) in [5.74, 6) is -0.473. The van der Waals surface area contributed by atoms with Crippen molar-refractivity contribution < 1.29 is 9.18 Å². The van der Waals surface area contributed by atoms with Gasteiger partial charge in [0.1, 0.15) is 15.7 Å². The second-order valence-electron chi connectivity index (χ2n) is 3.52. The van der Waals surface area contributed by atoms with Crippen LogP contribution in [0.1, 0.15) is 15.4 Å². The lowest BCUT2D eigenvalue weighted by atomic mass is 10.2. The first-order chi connectivity index (χ1) is 8.11. The van der Waals surface area contributed by atoms with E-state index in [0.717, 1.165) is 0 Å². The molecule has 2 rings (SSSR count). The van der Waals surface area contributed by atoms with Crippen LogP contribution in [0.2, 0.25) is 0 Å². The molecule has 0 fully saturated rings. The van der Waals surface area contributed by atoms with E-state index in [4.69, 9.17) is 0 Å². The predicted molar refractivity (Wildman–Crippen MR) is 65.6 cm³/mol. The Bertz CT molecular complexity index is 565. The number of nitrogens with zero attached hydrogens (tertiary/aromatic N) is 1. The molecule has 1 aromatic carbocycles. The Kier molecular flexibility index (Phi) is 3.19. The van der Waals surface area contributed by atoms with Crippen molar-refractivity contribution in [1.82, 2.24) is 10.3 Å². The average Bonchev–Trinajstić information content (AvgIpc) is 2.70. The quantitative estimate of drug-likeness (QED) is 0.890. The number of amides is 1. The third kappa shape index (κ3) is 2.34. The third-order valence-electron chi connectivity index (χ3n) is 2.30. The molecular weight excluding hydrogens is 239 g/mol. The number of aryl methyl sites for hydroxylation is 1. The van der Waals surface area contributed by atoms with Crippen LogP contribution in [0.15, 0.2) is 24.3 Å². The van der Waals surface area contributed by atoms with Gasteiger partial charge in [0.15, 0.2) is 0 Å². The smallest absolute Gasteiger partial charge is 0.263 e. The van der Waals surface area contributed by atoms with Crippen molar-refractivity contribution >= 4 is 17.2 Å². The minimum atomic E-state index is -0.308. The van der Waals surface area contributed by atoms with E-state index in [2.05, 4.69) is 10.3 Å². The van der Waals surface area contributed by atoms with Crippen LogP contribution < -0.4 is 5.32 Å². The highest BCUT2D eigenvalue weighted by Crippen LogP contribution is 2.28. The summed E-state index contributed by atoms with van der Waals surface area (Å²) in [5.41, 5.74) is 1.35. The van der Waals surface area contributed by atoms with Gasteiger partial charge in [0, 0.05) is 12.6 Å². The van der Waals surface area contributed by atoms with E-state index in [1.54, 1.807) is 26.1 Å². The number of carbonyl (C=O) groups excluding carboxylic acids is 1. The molecule has 0 aliphatic carbocycles. The van der Waals surface area contributed by atoms with Crippen LogP contribution in [0.5, 0.6) is 0 Å². The number of thiazole rings is 1. The molecule has 1 amide bonds. The van der Waals surface area contributed by atoms with Crippen molar-refractivity contribution in [2.24, 2.45) is 0 Å². The van der Waals surface area contributed by atoms with Gasteiger partial charge in [-0.25, -0.2) is 9.37 Å². The summed E-state index contributed by atoms with van der Waals surface area (Å²) in [4.78, 5) is 16.4. The summed E-state index contributed by atoms with van der Waals surface area (Å²) in [5, 5.41) is 3.21. The fraction of sp³-hybridized carbons (Fsp3) is 0.167. The Morgan fingerprint density at radius 3 is 2.88 bits per heavy atom. The SMILES string of the molecule is CNC(=O)c1sc(-c2cccc(F)c2)nc1C. The summed E-state index contributed by atoms with van der Waals surface area (Å²) in [6.07, 6.45) is 0. The molecule has 0 saturated heterocycles. The topological polar surface area (TPSA) is 42.0 Å². The molecule has 0 bridgehead atoms. The largest absolute Gasteiger partial charge is 0.354 e. The van der Waals surface area contributed by atoms with Gasteiger partial charge in [0.25, 0.3) is 5.91 Å². The van der Waals surface area contributed by atoms with Gasteiger partial charge >= 0.3 is 0 Å². The van der Waals surface area contributed by atoms with E-state index in [0.29, 0.717) is 21.1 Å². The van der Waals surface area contributed by atoms with Gasteiger partial charge in [0.2, 0.25) is 0 Å². The van der Waals surface area contributed by atoms with Crippen molar-refractivity contribution in [3.63, 3.8) is 0 Å². The van der Waals surface area contributed by atoms with E-state index >= 15 is 0 Å². The lowest BCUT2D eigenvalue weighted by Crippen LogP contribution is -2.17. The van der Waals surface area contributed by atoms with Gasteiger partial charge in [-0.1, -0.05) is 12.1 Å². The maximum atomic E-state index is 13.1. The van der Waals surface area contributed by atoms with Gasteiger partial charge in [-0.05, 0) is 19.1 Å². The Morgan fingerprint density at radius 1 is 1.47 bits per heavy atom. The molecule has 0 aliphatic rings. The standard InChI is InChI=1S/C12H11FN2OS/c1-7-10(11(16)14-2)17-12(15-7)8-4-3-5-9(13)6-8/h3-6H,1-2H3,(H,14,16). The maximum absolute atomic E-state index is 13.1. The molecular formula is C12H11FN2OS. The molecule has 0 aliphatic heterocycles. The molecule has 2 aromatic rings. The molecule has 17 heavy (non-hydrogen) atoms. The molecule has 3 nitrogen and oxygen atoms in total. The zero-order valence-corrected chi connectivity index (χ0v) is 10.3. The zero-order valence-electron chi connectivity index (χ0n) is 9.45. The minimum absolute atomic E-state index is 0.164. The number of halogens is 1. The zero-order chi connectivity index (χ0) is 12.4. The van der Waals surface area contributed by atoms with Crippen molar-refractivity contribution in [3.05, 3.63) is 40.7 Å². The fourth-order valence-electron chi connectivity index (χ4n) is 1.47. The first-order valence-electron chi connectivity index (χ1n) is 5.07. The Hall–Kier alpha value is -1.75. The van der Waals surface area contributed by atoms with Crippen LogP contribution in [-0.4, -0.2) is 17.9 Å². The molecule has 88 valence electrons. The van der Waals surface area contributed by atoms with E-state index in [1.807, 2.05) is 0 Å². The molecule has 0 saturated carbocycles. The van der Waals surface area contributed by atoms with Crippen molar-refractivity contribution in [1.29, 1.82) is 0 Å². The summed E-state index contributed by atoms with van der Waals surface area (Å²) in [7, 11) is 1.57. The first kappa shape index (κ1) is 11.7. The average molecular weight is 250 g/mol. The van der Waals surface area contributed by atoms with Crippen LogP contribution in [0.4, 0.5) is 4.39 Å². The number of aromatic nitrogens is 1. The highest BCUT2D eigenvalue weighted by atomic mass is 32.1. The van der Waals surface area contributed by atoms with Crippen LogP contribution >= 0.6 is 11.3 Å². The Balaban J connectivity index is 2.44. The van der Waals surface area contributed by atoms with Crippen LogP contribution in [0.3, 0.4) is 0 Å². The van der Waals surface area contributed by atoms with Crippen LogP contribution in [-0.2, 0) is 0 Å². The molecule has 0 radical (unpaired) electrons. The van der Waals surface area contributed by atoms with Gasteiger partial charge in [-0.3, -0.25) is 4.79 Å². The number of nitrogens with one attached hydrogen (secondary N) is 1. The predicted octanol–water partition coefficient (Wildman–Crippen LogP) is 2.62. The van der Waals surface area contributed by atoms with E-state index in [1.165, 1.54) is 23.5 Å². The van der Waals surface area contributed by atoms with Gasteiger partial charge in [0.05, 0.1) is 5.69 Å². The molecule has 0 spiro atoms. The van der Waals surface area contributed by atoms with E-state index in [9.17, 15) is 9.18 Å². The second kappa shape index (κ2) is 4.63. The highest BCUT2D eigenvalue weighted by Gasteiger charge is 2.14. The Labute approximate surface area is 102 Å². The van der Waals surface area contributed by atoms with Crippen LogP contribution in [0, 0.1) is 12.7 Å². The number of hydrogen-bond acceptors (Lipinski definition) is 3. The number of hydrogen-bond donors (Lipinski definition) is 1. The summed E-state index contributed by atoms with van der Waals surface area (Å²) in [6, 6.07) is 6.19. The minimum Gasteiger partial charge on any atom is -0.354 e. The van der Waals surface area contributed by atoms with Crippen LogP contribution in [0.25, 0.3) is 10.6 Å². The van der Waals surface area contributed by atoms with Gasteiger partial charge in [-0.2, -0.15) is 0 Å².